The third-order valence-corrected chi connectivity index (χ3v) is 3.97. The lowest BCUT2D eigenvalue weighted by atomic mass is 10.0. The molecule has 5 N–H and O–H groups in total. The maximum atomic E-state index is 9.75. The molecule has 0 fully saturated rings. The second-order valence-electron chi connectivity index (χ2n) is 5.84. The first kappa shape index (κ1) is 15.0. The highest BCUT2D eigenvalue weighted by Crippen LogP contribution is 2.33. The van der Waals surface area contributed by atoms with Crippen molar-refractivity contribution >= 4 is 22.4 Å². The lowest BCUT2D eigenvalue weighted by molar-refractivity contribution is 0.476. The molecule has 0 spiro atoms. The number of hydrogen-bond acceptors (Lipinski definition) is 5. The molecule has 0 amide bonds. The largest absolute Gasteiger partial charge is 0.508 e. The number of aromatic hydroxyl groups is 1. The summed E-state index contributed by atoms with van der Waals surface area (Å²) in [6.45, 7) is 0. The molecule has 5 heteroatoms. The van der Waals surface area contributed by atoms with Gasteiger partial charge in [0.1, 0.15) is 5.75 Å². The van der Waals surface area contributed by atoms with Gasteiger partial charge in [-0.05, 0) is 36.4 Å². The highest BCUT2D eigenvalue weighted by Gasteiger charge is 2.14. The summed E-state index contributed by atoms with van der Waals surface area (Å²) in [5.74, 6) is 0.150. The van der Waals surface area contributed by atoms with Crippen LogP contribution in [0, 0.1) is 0 Å². The van der Waals surface area contributed by atoms with E-state index in [9.17, 15) is 5.11 Å². The maximum Gasteiger partial charge on any atom is 0.117 e. The fraction of sp³-hybridized carbons (Fsp3) is 0. The topological polar surface area (TPSA) is 98.0 Å². The van der Waals surface area contributed by atoms with Crippen LogP contribution in [0.25, 0.3) is 33.5 Å². The number of fused-ring (bicyclic) bond motifs is 1. The number of hydrogen-bond donors (Lipinski definition) is 3. The number of phenols is 1. The molecule has 25 heavy (non-hydrogen) atoms. The van der Waals surface area contributed by atoms with Crippen LogP contribution in [0.3, 0.4) is 0 Å². The Morgan fingerprint density at radius 2 is 1.20 bits per heavy atom. The lowest BCUT2D eigenvalue weighted by Gasteiger charge is -2.11. The van der Waals surface area contributed by atoms with Crippen LogP contribution < -0.4 is 11.5 Å². The molecule has 0 unspecified atom stereocenters. The summed E-state index contributed by atoms with van der Waals surface area (Å²) in [7, 11) is 0. The number of anilines is 2. The minimum Gasteiger partial charge on any atom is -0.508 e. The molecule has 0 saturated carbocycles. The maximum absolute atomic E-state index is 9.75. The van der Waals surface area contributed by atoms with Gasteiger partial charge in [0.25, 0.3) is 0 Å². The van der Waals surface area contributed by atoms with Crippen LogP contribution >= 0.6 is 0 Å². The molecule has 0 saturated heterocycles. The van der Waals surface area contributed by atoms with Gasteiger partial charge in [0, 0.05) is 28.6 Å². The van der Waals surface area contributed by atoms with Crippen LogP contribution in [0.1, 0.15) is 0 Å². The van der Waals surface area contributed by atoms with Crippen molar-refractivity contribution < 1.29 is 5.11 Å². The molecule has 1 aromatic heterocycles. The molecule has 0 radical (unpaired) electrons. The Bertz CT molecular complexity index is 1090. The third kappa shape index (κ3) is 2.83. The van der Waals surface area contributed by atoms with Crippen molar-refractivity contribution in [2.75, 3.05) is 11.5 Å². The van der Waals surface area contributed by atoms with Crippen molar-refractivity contribution in [3.05, 3.63) is 66.7 Å². The molecular weight excluding hydrogens is 312 g/mol. The minimum atomic E-state index is 0.150. The van der Waals surface area contributed by atoms with Crippen LogP contribution in [0.5, 0.6) is 5.75 Å². The first-order chi connectivity index (χ1) is 12.1. The van der Waals surface area contributed by atoms with Crippen molar-refractivity contribution in [2.45, 2.75) is 0 Å². The first-order valence-electron chi connectivity index (χ1n) is 7.83. The Kier molecular flexibility index (Phi) is 3.47. The Hall–Kier alpha value is -3.60. The smallest absolute Gasteiger partial charge is 0.117 e. The molecule has 0 aliphatic carbocycles. The second-order valence-corrected chi connectivity index (χ2v) is 5.84. The molecule has 3 aromatic carbocycles. The fourth-order valence-electron chi connectivity index (χ4n) is 2.82. The van der Waals surface area contributed by atoms with Gasteiger partial charge < -0.3 is 16.6 Å². The monoisotopic (exact) mass is 328 g/mol. The van der Waals surface area contributed by atoms with Gasteiger partial charge in [-0.25, -0.2) is 9.97 Å². The van der Waals surface area contributed by atoms with E-state index >= 15 is 0 Å². The van der Waals surface area contributed by atoms with Gasteiger partial charge in [-0.1, -0.05) is 24.3 Å². The molecular formula is C20H16N4O. The quantitative estimate of drug-likeness (QED) is 0.486. The summed E-state index contributed by atoms with van der Waals surface area (Å²) in [6.07, 6.45) is 0. The van der Waals surface area contributed by atoms with Crippen LogP contribution in [0.2, 0.25) is 0 Å². The zero-order valence-electron chi connectivity index (χ0n) is 13.3. The molecule has 122 valence electrons. The summed E-state index contributed by atoms with van der Waals surface area (Å²) >= 11 is 0. The Morgan fingerprint density at radius 1 is 0.640 bits per heavy atom. The van der Waals surface area contributed by atoms with Gasteiger partial charge >= 0.3 is 0 Å². The molecule has 0 bridgehead atoms. The summed E-state index contributed by atoms with van der Waals surface area (Å²) in [5, 5.41) is 9.75. The third-order valence-electron chi connectivity index (χ3n) is 3.97. The standard InChI is InChI=1S/C20H16N4O/c21-14-5-1-3-12(9-14)19-20(13-4-2-6-15(22)10-13)24-18-11-16(25)7-8-17(18)23-19/h1-11,25H,21-22H2. The average molecular weight is 328 g/mol. The van der Waals surface area contributed by atoms with E-state index < -0.39 is 0 Å². The Balaban J connectivity index is 2.05. The zero-order chi connectivity index (χ0) is 17.4. The van der Waals surface area contributed by atoms with Crippen molar-refractivity contribution in [1.29, 1.82) is 0 Å². The van der Waals surface area contributed by atoms with E-state index in [2.05, 4.69) is 0 Å². The number of benzene rings is 3. The SMILES string of the molecule is Nc1cccc(-c2nc3ccc(O)cc3nc2-c2cccc(N)c2)c1. The lowest BCUT2D eigenvalue weighted by Crippen LogP contribution is -1.97. The summed E-state index contributed by atoms with van der Waals surface area (Å²) in [4.78, 5) is 9.50. The summed E-state index contributed by atoms with van der Waals surface area (Å²) in [6, 6.07) is 20.0. The predicted molar refractivity (Wildman–Crippen MR) is 101 cm³/mol. The number of rotatable bonds is 2. The molecule has 4 rings (SSSR count). The van der Waals surface area contributed by atoms with E-state index in [0.717, 1.165) is 16.8 Å². The first-order valence-corrected chi connectivity index (χ1v) is 7.83. The van der Waals surface area contributed by atoms with E-state index in [1.54, 1.807) is 18.2 Å². The molecule has 1 heterocycles. The van der Waals surface area contributed by atoms with Crippen molar-refractivity contribution in [2.24, 2.45) is 0 Å². The van der Waals surface area contributed by atoms with E-state index in [1.807, 2.05) is 48.5 Å². The second kappa shape index (κ2) is 5.79. The van der Waals surface area contributed by atoms with Gasteiger partial charge in [-0.15, -0.1) is 0 Å². The van der Waals surface area contributed by atoms with E-state index in [-0.39, 0.29) is 5.75 Å². The predicted octanol–water partition coefficient (Wildman–Crippen LogP) is 3.83. The molecule has 0 atom stereocenters. The van der Waals surface area contributed by atoms with Crippen LogP contribution in [-0.4, -0.2) is 15.1 Å². The highest BCUT2D eigenvalue weighted by molar-refractivity contribution is 5.87. The van der Waals surface area contributed by atoms with Crippen LogP contribution in [0.4, 0.5) is 11.4 Å². The van der Waals surface area contributed by atoms with Gasteiger partial charge in [0.2, 0.25) is 0 Å². The molecule has 0 aliphatic heterocycles. The van der Waals surface area contributed by atoms with Crippen molar-refractivity contribution in [3.63, 3.8) is 0 Å². The van der Waals surface area contributed by atoms with E-state index in [1.165, 1.54) is 0 Å². The van der Waals surface area contributed by atoms with Gasteiger partial charge in [-0.3, -0.25) is 0 Å². The fourth-order valence-corrected chi connectivity index (χ4v) is 2.82. The number of aromatic nitrogens is 2. The van der Waals surface area contributed by atoms with Crippen LogP contribution in [0.15, 0.2) is 66.7 Å². The van der Waals surface area contributed by atoms with E-state index in [4.69, 9.17) is 21.4 Å². The summed E-state index contributed by atoms with van der Waals surface area (Å²) < 4.78 is 0. The Labute approximate surface area is 144 Å². The zero-order valence-corrected chi connectivity index (χ0v) is 13.3. The van der Waals surface area contributed by atoms with E-state index in [0.29, 0.717) is 28.1 Å². The number of phenolic OH excluding ortho intramolecular Hbond substituents is 1. The molecule has 4 aromatic rings. The minimum absolute atomic E-state index is 0.150. The average Bonchev–Trinajstić information content (AvgIpc) is 2.60. The molecule has 5 nitrogen and oxygen atoms in total. The van der Waals surface area contributed by atoms with Gasteiger partial charge in [0.15, 0.2) is 0 Å². The van der Waals surface area contributed by atoms with Crippen molar-refractivity contribution in [1.82, 2.24) is 9.97 Å². The number of nitrogen functional groups attached to an aromatic ring is 2. The normalized spacial score (nSPS) is 10.9. The van der Waals surface area contributed by atoms with Crippen LogP contribution in [-0.2, 0) is 0 Å². The van der Waals surface area contributed by atoms with Gasteiger partial charge in [0.05, 0.1) is 22.4 Å². The van der Waals surface area contributed by atoms with Gasteiger partial charge in [-0.2, -0.15) is 0 Å². The number of nitrogens with two attached hydrogens (primary N) is 2. The summed E-state index contributed by atoms with van der Waals surface area (Å²) in [5.41, 5.74) is 17.6. The number of nitrogens with zero attached hydrogens (tertiary/aromatic N) is 2. The molecule has 0 aliphatic rings. The highest BCUT2D eigenvalue weighted by atomic mass is 16.3. The Morgan fingerprint density at radius 3 is 1.76 bits per heavy atom. The van der Waals surface area contributed by atoms with Crippen molar-refractivity contribution in [3.8, 4) is 28.3 Å².